The third-order valence-corrected chi connectivity index (χ3v) is 2.18. The van der Waals surface area contributed by atoms with E-state index in [4.69, 9.17) is 13.7 Å². The van der Waals surface area contributed by atoms with Gasteiger partial charge in [0.25, 0.3) is 0 Å². The first-order valence-electron chi connectivity index (χ1n) is 9.65. The maximum Gasteiger partial charge on any atom is 0.0664 e. The molecular formula is C14H17N. The number of hydrogen-bond donors (Lipinski definition) is 0. The Kier molecular flexibility index (Phi) is 0.959. The Bertz CT molecular complexity index is 769. The van der Waals surface area contributed by atoms with E-state index in [0.29, 0.717) is 0 Å². The molecule has 1 nitrogen and oxygen atoms in total. The summed E-state index contributed by atoms with van der Waals surface area (Å²) in [6, 6.07) is -1.14. The van der Waals surface area contributed by atoms with Crippen molar-refractivity contribution in [1.82, 2.24) is 4.98 Å². The van der Waals surface area contributed by atoms with Crippen LogP contribution >= 0.6 is 0 Å². The highest BCUT2D eigenvalue weighted by Gasteiger charge is 2.07. The average Bonchev–Trinajstić information content (AvgIpc) is 2.43. The standard InChI is InChI=1S/C14H17N/c1-10-4-6-13(7-5-10)14-8-11(2)12(3)9-15-14/h4,6,8-9H,5,7H2,1-3H3/i1D3,3D3,4D,5D,6D,8D. The summed E-state index contributed by atoms with van der Waals surface area (Å²) in [5.74, 6) is 0. The van der Waals surface area contributed by atoms with E-state index in [2.05, 4.69) is 4.98 Å². The molecule has 0 saturated heterocycles. The monoisotopic (exact) mass is 209 g/mol. The number of aromatic nitrogens is 1. The molecule has 1 heteroatoms. The van der Waals surface area contributed by atoms with Crippen LogP contribution in [0.25, 0.3) is 5.57 Å². The fourth-order valence-corrected chi connectivity index (χ4v) is 1.26. The third kappa shape index (κ3) is 2.17. The molecule has 0 amide bonds. The van der Waals surface area contributed by atoms with Gasteiger partial charge in [0.05, 0.1) is 9.81 Å². The van der Waals surface area contributed by atoms with E-state index < -0.39 is 37.8 Å². The van der Waals surface area contributed by atoms with Crippen LogP contribution in [0.15, 0.2) is 29.9 Å². The number of aryl methyl sites for hydroxylation is 1. The van der Waals surface area contributed by atoms with Gasteiger partial charge in [0.2, 0.25) is 0 Å². The molecule has 1 aliphatic carbocycles. The van der Waals surface area contributed by atoms with Gasteiger partial charge in [-0.1, -0.05) is 17.7 Å². The van der Waals surface area contributed by atoms with Gasteiger partial charge in [-0.3, -0.25) is 4.98 Å². The second-order valence-electron chi connectivity index (χ2n) is 3.32. The molecule has 1 aliphatic rings. The Labute approximate surface area is 106 Å². The second-order valence-corrected chi connectivity index (χ2v) is 3.32. The number of pyridine rings is 1. The summed E-state index contributed by atoms with van der Waals surface area (Å²) in [5.41, 5.74) is -0.158. The molecule has 0 aromatic carbocycles. The summed E-state index contributed by atoms with van der Waals surface area (Å²) in [7, 11) is 0. The second kappa shape index (κ2) is 4.01. The molecule has 1 aromatic rings. The zero-order valence-corrected chi connectivity index (χ0v) is 8.31. The maximum atomic E-state index is 8.17. The van der Waals surface area contributed by atoms with E-state index in [0.717, 1.165) is 6.20 Å². The van der Waals surface area contributed by atoms with Crippen molar-refractivity contribution < 1.29 is 13.7 Å². The molecule has 0 aliphatic heterocycles. The Morgan fingerprint density at radius 3 is 3.13 bits per heavy atom. The summed E-state index contributed by atoms with van der Waals surface area (Å²) in [6.45, 7) is -3.60. The van der Waals surface area contributed by atoms with Crippen molar-refractivity contribution in [3.63, 3.8) is 0 Å². The topological polar surface area (TPSA) is 12.9 Å². The van der Waals surface area contributed by atoms with E-state index in [-0.39, 0.29) is 34.9 Å². The highest BCUT2D eigenvalue weighted by atomic mass is 14.7. The van der Waals surface area contributed by atoms with Crippen molar-refractivity contribution in [2.24, 2.45) is 0 Å². The van der Waals surface area contributed by atoms with Crippen molar-refractivity contribution in [2.75, 3.05) is 0 Å². The number of allylic oxidation sites excluding steroid dienone is 4. The molecule has 0 radical (unpaired) electrons. The molecule has 0 saturated carbocycles. The molecule has 2 rings (SSSR count). The van der Waals surface area contributed by atoms with Crippen LogP contribution in [0, 0.1) is 13.8 Å². The smallest absolute Gasteiger partial charge is 0.0664 e. The van der Waals surface area contributed by atoms with Gasteiger partial charge in [-0.2, -0.15) is 0 Å². The Morgan fingerprint density at radius 2 is 2.33 bits per heavy atom. The summed E-state index contributed by atoms with van der Waals surface area (Å²) in [6.07, 6.45) is -0.296. The third-order valence-electron chi connectivity index (χ3n) is 2.18. The number of rotatable bonds is 1. The van der Waals surface area contributed by atoms with Crippen molar-refractivity contribution in [2.45, 2.75) is 33.4 Å². The largest absolute Gasteiger partial charge is 0.256 e. The fourth-order valence-electron chi connectivity index (χ4n) is 1.26. The molecule has 78 valence electrons. The molecule has 1 atom stereocenters. The molecule has 1 unspecified atom stereocenters. The first-order valence-corrected chi connectivity index (χ1v) is 4.57. The first-order chi connectivity index (χ1) is 11.3. The van der Waals surface area contributed by atoms with Crippen LogP contribution in [-0.4, -0.2) is 4.98 Å². The van der Waals surface area contributed by atoms with Crippen molar-refractivity contribution in [1.29, 1.82) is 0 Å². The lowest BCUT2D eigenvalue weighted by Gasteiger charge is -2.12. The molecule has 1 aromatic heterocycles. The maximum absolute atomic E-state index is 8.17. The average molecular weight is 209 g/mol. The van der Waals surface area contributed by atoms with Crippen LogP contribution in [0.1, 0.15) is 50.2 Å². The lowest BCUT2D eigenvalue weighted by atomic mass is 9.96. The van der Waals surface area contributed by atoms with Crippen LogP contribution in [0.4, 0.5) is 0 Å². The summed E-state index contributed by atoms with van der Waals surface area (Å²) < 4.78 is 76.9. The highest BCUT2D eigenvalue weighted by Crippen LogP contribution is 2.25. The Hall–Kier alpha value is -1.37. The lowest BCUT2D eigenvalue weighted by Crippen LogP contribution is -1.96. The summed E-state index contributed by atoms with van der Waals surface area (Å²) in [5, 5.41) is 0. The molecule has 0 fully saturated rings. The molecule has 1 heterocycles. The Morgan fingerprint density at radius 1 is 1.40 bits per heavy atom. The van der Waals surface area contributed by atoms with Gasteiger partial charge >= 0.3 is 0 Å². The molecular weight excluding hydrogens is 182 g/mol. The van der Waals surface area contributed by atoms with Gasteiger partial charge in [0.15, 0.2) is 0 Å². The Balaban J connectivity index is 2.66. The zero-order chi connectivity index (χ0) is 19.3. The van der Waals surface area contributed by atoms with E-state index in [1.807, 2.05) is 0 Å². The van der Waals surface area contributed by atoms with Crippen LogP contribution in [0.3, 0.4) is 0 Å². The first kappa shape index (κ1) is 3.58. The normalized spacial score (nSPS) is 33.5. The van der Waals surface area contributed by atoms with Gasteiger partial charge in [-0.25, -0.2) is 0 Å². The minimum atomic E-state index is -2.64. The molecule has 15 heavy (non-hydrogen) atoms. The van der Waals surface area contributed by atoms with Crippen LogP contribution < -0.4 is 0 Å². The van der Waals surface area contributed by atoms with Crippen LogP contribution in [0.5, 0.6) is 0 Å². The molecule has 0 bridgehead atoms. The highest BCUT2D eigenvalue weighted by molar-refractivity contribution is 5.66. The number of nitrogens with zero attached hydrogens (tertiary/aromatic N) is 1. The van der Waals surface area contributed by atoms with E-state index in [1.165, 1.54) is 6.92 Å². The zero-order valence-electron chi connectivity index (χ0n) is 18.3. The van der Waals surface area contributed by atoms with Crippen LogP contribution in [0.2, 0.25) is 0 Å². The summed E-state index contributed by atoms with van der Waals surface area (Å²) in [4.78, 5) is 3.98. The van der Waals surface area contributed by atoms with Crippen molar-refractivity contribution in [3.8, 4) is 0 Å². The van der Waals surface area contributed by atoms with E-state index >= 15 is 0 Å². The van der Waals surface area contributed by atoms with E-state index in [1.54, 1.807) is 0 Å². The van der Waals surface area contributed by atoms with Crippen LogP contribution in [-0.2, 0) is 0 Å². The van der Waals surface area contributed by atoms with Crippen molar-refractivity contribution in [3.05, 3.63) is 46.7 Å². The van der Waals surface area contributed by atoms with Gasteiger partial charge < -0.3 is 0 Å². The van der Waals surface area contributed by atoms with E-state index in [9.17, 15) is 0 Å². The number of hydrogen-bond acceptors (Lipinski definition) is 1. The summed E-state index contributed by atoms with van der Waals surface area (Å²) >= 11 is 0. The van der Waals surface area contributed by atoms with Gasteiger partial charge in [-0.15, -0.1) is 0 Å². The molecule has 0 N–H and O–H groups in total. The lowest BCUT2D eigenvalue weighted by molar-refractivity contribution is 0.966. The minimum absolute atomic E-state index is 0.0158. The molecule has 0 spiro atoms. The van der Waals surface area contributed by atoms with Gasteiger partial charge in [-0.05, 0) is 56.2 Å². The van der Waals surface area contributed by atoms with Gasteiger partial charge in [0, 0.05) is 15.8 Å². The van der Waals surface area contributed by atoms with Crippen molar-refractivity contribution >= 4 is 5.57 Å². The fraction of sp³-hybridized carbons (Fsp3) is 0.357. The predicted molar refractivity (Wildman–Crippen MR) is 64.7 cm³/mol. The predicted octanol–water partition coefficient (Wildman–Crippen LogP) is 3.82. The quantitative estimate of drug-likeness (QED) is 0.685. The minimum Gasteiger partial charge on any atom is -0.256 e. The SMILES string of the molecule is [2H]C1=C(c2ncc(C([2H])([2H])[2H])c(C)c2[2H])CC([2H])C(C([2H])([2H])[2H])=C1[2H]. The van der Waals surface area contributed by atoms with Gasteiger partial charge in [0.1, 0.15) is 0 Å².